The molecule has 8 heteroatoms. The normalized spacial score (nSPS) is 15.9. The molecule has 1 heterocycles. The molecule has 0 spiro atoms. The molecule has 0 aliphatic carbocycles. The first-order valence-corrected chi connectivity index (χ1v) is 10.3. The first-order chi connectivity index (χ1) is 12.1. The van der Waals surface area contributed by atoms with Crippen LogP contribution >= 0.6 is 35.8 Å². The smallest absolute Gasteiger partial charge is 0.253 e. The van der Waals surface area contributed by atoms with Crippen LogP contribution in [0.1, 0.15) is 29.6 Å². The van der Waals surface area contributed by atoms with Crippen LogP contribution in [-0.2, 0) is 4.79 Å². The van der Waals surface area contributed by atoms with Crippen molar-refractivity contribution in [3.8, 4) is 0 Å². The van der Waals surface area contributed by atoms with E-state index in [-0.39, 0.29) is 24.2 Å². The summed E-state index contributed by atoms with van der Waals surface area (Å²) in [6, 6.07) is 6.85. The molecule has 1 atom stereocenters. The molecule has 1 saturated heterocycles. The van der Waals surface area contributed by atoms with E-state index in [0.29, 0.717) is 23.0 Å². The molecule has 1 fully saturated rings. The number of nitrogens with zero attached hydrogens (tertiary/aromatic N) is 1. The summed E-state index contributed by atoms with van der Waals surface area (Å²) in [5.74, 6) is 0.519. The molecule has 1 aromatic carbocycles. The van der Waals surface area contributed by atoms with Crippen molar-refractivity contribution < 1.29 is 9.59 Å². The lowest BCUT2D eigenvalue weighted by Gasteiger charge is -2.34. The Morgan fingerprint density at radius 3 is 2.54 bits per heavy atom. The Hall–Kier alpha value is -0.950. The number of amides is 2. The number of benzene rings is 1. The molecule has 1 unspecified atom stereocenters. The van der Waals surface area contributed by atoms with Crippen LogP contribution in [0.2, 0.25) is 5.02 Å². The minimum atomic E-state index is -0.512. The Kier molecular flexibility index (Phi) is 10.4. The Labute approximate surface area is 171 Å². The molecule has 0 saturated carbocycles. The number of hydrogen-bond acceptors (Lipinski definition) is 4. The Balaban J connectivity index is 0.00000338. The third kappa shape index (κ3) is 6.34. The van der Waals surface area contributed by atoms with E-state index in [4.69, 9.17) is 11.6 Å². The van der Waals surface area contributed by atoms with Crippen LogP contribution in [0.25, 0.3) is 0 Å². The van der Waals surface area contributed by atoms with E-state index in [9.17, 15) is 9.59 Å². The largest absolute Gasteiger partial charge is 0.341 e. The van der Waals surface area contributed by atoms with Gasteiger partial charge in [0.1, 0.15) is 6.04 Å². The first-order valence-electron chi connectivity index (χ1n) is 8.57. The summed E-state index contributed by atoms with van der Waals surface area (Å²) in [4.78, 5) is 27.3. The van der Waals surface area contributed by atoms with Gasteiger partial charge < -0.3 is 15.5 Å². The summed E-state index contributed by atoms with van der Waals surface area (Å²) in [5.41, 5.74) is 0.403. The van der Waals surface area contributed by atoms with Gasteiger partial charge in [-0.1, -0.05) is 23.7 Å². The average Bonchev–Trinajstić information content (AvgIpc) is 2.64. The van der Waals surface area contributed by atoms with Gasteiger partial charge in [-0.2, -0.15) is 11.8 Å². The van der Waals surface area contributed by atoms with Gasteiger partial charge in [0.15, 0.2) is 0 Å². The number of halogens is 2. The maximum atomic E-state index is 12.9. The summed E-state index contributed by atoms with van der Waals surface area (Å²) in [6.07, 6.45) is 4.49. The zero-order chi connectivity index (χ0) is 18.2. The number of thioether (sulfide) groups is 1. The molecule has 146 valence electrons. The number of piperidine rings is 1. The van der Waals surface area contributed by atoms with Crippen LogP contribution < -0.4 is 10.6 Å². The molecule has 1 aliphatic rings. The zero-order valence-corrected chi connectivity index (χ0v) is 17.6. The Morgan fingerprint density at radius 2 is 1.96 bits per heavy atom. The second-order valence-electron chi connectivity index (χ2n) is 6.18. The minimum absolute atomic E-state index is 0. The Bertz CT molecular complexity index is 596. The number of carbonyl (C=O) groups is 2. The van der Waals surface area contributed by atoms with Crippen molar-refractivity contribution in [2.45, 2.75) is 31.3 Å². The van der Waals surface area contributed by atoms with E-state index >= 15 is 0 Å². The number of nitrogens with one attached hydrogen (secondary N) is 2. The lowest BCUT2D eigenvalue weighted by atomic mass is 10.0. The summed E-state index contributed by atoms with van der Waals surface area (Å²) in [7, 11) is 1.95. The zero-order valence-electron chi connectivity index (χ0n) is 15.2. The number of hydrogen-bond donors (Lipinski definition) is 2. The lowest BCUT2D eigenvalue weighted by molar-refractivity contribution is -0.134. The summed E-state index contributed by atoms with van der Waals surface area (Å²) in [6.45, 7) is 1.45. The second-order valence-corrected chi connectivity index (χ2v) is 7.57. The van der Waals surface area contributed by atoms with E-state index in [0.717, 1.165) is 31.7 Å². The van der Waals surface area contributed by atoms with Crippen LogP contribution in [0.5, 0.6) is 0 Å². The maximum Gasteiger partial charge on any atom is 0.253 e. The van der Waals surface area contributed by atoms with Gasteiger partial charge in [0, 0.05) is 19.1 Å². The van der Waals surface area contributed by atoms with Crippen molar-refractivity contribution in [1.82, 2.24) is 15.5 Å². The van der Waals surface area contributed by atoms with Gasteiger partial charge in [-0.25, -0.2) is 0 Å². The first kappa shape index (κ1) is 23.1. The fourth-order valence-electron chi connectivity index (χ4n) is 2.98. The summed E-state index contributed by atoms with van der Waals surface area (Å²) < 4.78 is 0. The van der Waals surface area contributed by atoms with E-state index in [1.54, 1.807) is 36.0 Å². The van der Waals surface area contributed by atoms with E-state index < -0.39 is 6.04 Å². The van der Waals surface area contributed by atoms with Crippen LogP contribution in [0.4, 0.5) is 0 Å². The number of likely N-dealkylation sites (tertiary alicyclic amines) is 1. The van der Waals surface area contributed by atoms with Crippen LogP contribution in [0.3, 0.4) is 0 Å². The number of carbonyl (C=O) groups excluding carboxylic acids is 2. The number of rotatable bonds is 7. The van der Waals surface area contributed by atoms with Crippen molar-refractivity contribution in [2.75, 3.05) is 32.1 Å². The van der Waals surface area contributed by atoms with Crippen LogP contribution in [0, 0.1) is 0 Å². The molecule has 2 N–H and O–H groups in total. The van der Waals surface area contributed by atoms with E-state index in [1.807, 2.05) is 18.2 Å². The van der Waals surface area contributed by atoms with E-state index in [1.165, 1.54) is 0 Å². The molecule has 5 nitrogen and oxygen atoms in total. The third-order valence-electron chi connectivity index (χ3n) is 4.55. The van der Waals surface area contributed by atoms with Crippen molar-refractivity contribution in [1.29, 1.82) is 0 Å². The van der Waals surface area contributed by atoms with Crippen molar-refractivity contribution in [3.05, 3.63) is 34.9 Å². The van der Waals surface area contributed by atoms with Crippen molar-refractivity contribution in [3.63, 3.8) is 0 Å². The molecule has 0 bridgehead atoms. The van der Waals surface area contributed by atoms with Gasteiger partial charge in [0.05, 0.1) is 10.6 Å². The van der Waals surface area contributed by atoms with Gasteiger partial charge in [0.2, 0.25) is 5.91 Å². The fourth-order valence-corrected chi connectivity index (χ4v) is 3.68. The van der Waals surface area contributed by atoms with Gasteiger partial charge in [-0.15, -0.1) is 12.4 Å². The molecular formula is C18H27Cl2N3O2S. The van der Waals surface area contributed by atoms with Gasteiger partial charge in [-0.05, 0) is 50.5 Å². The predicted octanol–water partition coefficient (Wildman–Crippen LogP) is 2.82. The molecule has 0 aromatic heterocycles. The highest BCUT2D eigenvalue weighted by Gasteiger charge is 2.29. The topological polar surface area (TPSA) is 61.4 Å². The standard InChI is InChI=1S/C18H26ClN3O2S.ClH/c1-20-13-7-10-22(11-8-13)18(24)16(9-12-25-2)21-17(23)14-5-3-4-6-15(14)19;/h3-6,13,16,20H,7-12H2,1-2H3,(H,21,23);1H. The Morgan fingerprint density at radius 1 is 1.31 bits per heavy atom. The third-order valence-corrected chi connectivity index (χ3v) is 5.52. The fraction of sp³-hybridized carbons (Fsp3) is 0.556. The highest BCUT2D eigenvalue weighted by atomic mass is 35.5. The average molecular weight is 420 g/mol. The minimum Gasteiger partial charge on any atom is -0.341 e. The molecule has 1 aromatic rings. The maximum absolute atomic E-state index is 12.9. The van der Waals surface area contributed by atoms with Gasteiger partial charge in [0.25, 0.3) is 5.91 Å². The highest BCUT2D eigenvalue weighted by molar-refractivity contribution is 7.98. The van der Waals surface area contributed by atoms with Gasteiger partial charge >= 0.3 is 0 Å². The van der Waals surface area contributed by atoms with Crippen LogP contribution in [0.15, 0.2) is 24.3 Å². The molecule has 2 rings (SSSR count). The SMILES string of the molecule is CNC1CCN(C(=O)C(CCSC)NC(=O)c2ccccc2Cl)CC1.Cl. The molecule has 1 aliphatic heterocycles. The highest BCUT2D eigenvalue weighted by Crippen LogP contribution is 2.17. The summed E-state index contributed by atoms with van der Waals surface area (Å²) in [5, 5.41) is 6.54. The molecule has 26 heavy (non-hydrogen) atoms. The lowest BCUT2D eigenvalue weighted by Crippen LogP contribution is -2.52. The second kappa shape index (κ2) is 11.7. The molecule has 2 amide bonds. The van der Waals surface area contributed by atoms with Crippen LogP contribution in [-0.4, -0.2) is 60.9 Å². The quantitative estimate of drug-likeness (QED) is 0.712. The van der Waals surface area contributed by atoms with Gasteiger partial charge in [-0.3, -0.25) is 9.59 Å². The molecular weight excluding hydrogens is 393 g/mol. The predicted molar refractivity (Wildman–Crippen MR) is 112 cm³/mol. The van der Waals surface area contributed by atoms with Crippen molar-refractivity contribution in [2.24, 2.45) is 0 Å². The van der Waals surface area contributed by atoms with Crippen molar-refractivity contribution >= 4 is 47.6 Å². The monoisotopic (exact) mass is 419 g/mol. The summed E-state index contributed by atoms with van der Waals surface area (Å²) >= 11 is 7.77. The molecule has 0 radical (unpaired) electrons. The van der Waals surface area contributed by atoms with E-state index in [2.05, 4.69) is 10.6 Å².